The van der Waals surface area contributed by atoms with Gasteiger partial charge in [0.25, 0.3) is 0 Å². The van der Waals surface area contributed by atoms with Crippen molar-refractivity contribution in [2.45, 2.75) is 161 Å². The predicted molar refractivity (Wildman–Crippen MR) is 205 cm³/mol. The highest BCUT2D eigenvalue weighted by molar-refractivity contribution is 5.69. The predicted octanol–water partition coefficient (Wildman–Crippen LogP) is 12.4. The number of allylic oxidation sites excluding steroid dienone is 14. The van der Waals surface area contributed by atoms with Crippen LogP contribution in [0.15, 0.2) is 85.1 Å². The second-order valence-electron chi connectivity index (χ2n) is 12.3. The van der Waals surface area contributed by atoms with Gasteiger partial charge < -0.3 is 14.6 Å². The number of carbonyl (C=O) groups is 1. The first kappa shape index (κ1) is 44.6. The highest BCUT2D eigenvalue weighted by Gasteiger charge is 2.13. The number of ether oxygens (including phenoxy) is 2. The van der Waals surface area contributed by atoms with Crippen LogP contribution in [0.5, 0.6) is 0 Å². The molecule has 0 aliphatic heterocycles. The maximum Gasteiger partial charge on any atom is 0.306 e. The maximum absolute atomic E-state index is 12.2. The molecule has 268 valence electrons. The third kappa shape index (κ3) is 37.9. The van der Waals surface area contributed by atoms with Gasteiger partial charge in [-0.1, -0.05) is 144 Å². The number of aliphatic hydroxyl groups excluding tert-OH is 1. The van der Waals surface area contributed by atoms with E-state index in [0.29, 0.717) is 13.0 Å². The normalized spacial score (nSPS) is 13.3. The minimum absolute atomic E-state index is 0.198. The number of carbonyl (C=O) groups excluding carboxylic acids is 1. The molecule has 0 aliphatic carbocycles. The summed E-state index contributed by atoms with van der Waals surface area (Å²) in [7, 11) is 0. The lowest BCUT2D eigenvalue weighted by Crippen LogP contribution is -2.27. The smallest absolute Gasteiger partial charge is 0.306 e. The van der Waals surface area contributed by atoms with Gasteiger partial charge in [0.1, 0.15) is 6.10 Å². The van der Waals surface area contributed by atoms with Crippen LogP contribution >= 0.6 is 0 Å². The van der Waals surface area contributed by atoms with Crippen molar-refractivity contribution in [3.05, 3.63) is 85.1 Å². The molecule has 0 amide bonds. The van der Waals surface area contributed by atoms with Crippen molar-refractivity contribution < 1.29 is 19.4 Å². The molecule has 0 spiro atoms. The molecule has 0 heterocycles. The summed E-state index contributed by atoms with van der Waals surface area (Å²) in [6.07, 6.45) is 54.8. The Morgan fingerprint density at radius 1 is 0.532 bits per heavy atom. The molecule has 0 fully saturated rings. The van der Waals surface area contributed by atoms with Crippen LogP contribution in [0.4, 0.5) is 0 Å². The number of hydrogen-bond acceptors (Lipinski definition) is 4. The van der Waals surface area contributed by atoms with Crippen LogP contribution in [-0.2, 0) is 14.3 Å². The van der Waals surface area contributed by atoms with Crippen molar-refractivity contribution in [3.63, 3.8) is 0 Å². The van der Waals surface area contributed by atoms with E-state index in [1.165, 1.54) is 57.8 Å². The van der Waals surface area contributed by atoms with E-state index in [4.69, 9.17) is 9.47 Å². The Balaban J connectivity index is 3.58. The van der Waals surface area contributed by atoms with Gasteiger partial charge in [-0.05, 0) is 89.9 Å². The van der Waals surface area contributed by atoms with Crippen molar-refractivity contribution in [1.29, 1.82) is 0 Å². The average molecular weight is 653 g/mol. The Hall–Kier alpha value is -2.43. The van der Waals surface area contributed by atoms with Crippen LogP contribution in [0, 0.1) is 0 Å². The summed E-state index contributed by atoms with van der Waals surface area (Å²) >= 11 is 0. The highest BCUT2D eigenvalue weighted by Crippen LogP contribution is 2.11. The van der Waals surface area contributed by atoms with E-state index < -0.39 is 6.10 Å². The SMILES string of the molecule is CC/C=C\C/C=C\C/C=C\C/C=C\C/C=C\CCCCOCC(CO)OC(=O)CCCCCCCCC/C=C\C/C=C\CCCCC. The number of rotatable bonds is 34. The molecule has 0 aromatic rings. The Morgan fingerprint density at radius 2 is 0.957 bits per heavy atom. The molecule has 1 atom stereocenters. The Morgan fingerprint density at radius 3 is 1.45 bits per heavy atom. The number of aliphatic hydroxyl groups is 1. The van der Waals surface area contributed by atoms with E-state index in [1.54, 1.807) is 0 Å². The molecule has 0 bridgehead atoms. The molecular weight excluding hydrogens is 580 g/mol. The molecule has 1 N–H and O–H groups in total. The summed E-state index contributed by atoms with van der Waals surface area (Å²) in [5.41, 5.74) is 0. The van der Waals surface area contributed by atoms with Crippen molar-refractivity contribution in [3.8, 4) is 0 Å². The lowest BCUT2D eigenvalue weighted by atomic mass is 10.1. The van der Waals surface area contributed by atoms with Gasteiger partial charge in [-0.2, -0.15) is 0 Å². The minimum Gasteiger partial charge on any atom is -0.457 e. The third-order valence-corrected chi connectivity index (χ3v) is 7.70. The largest absolute Gasteiger partial charge is 0.457 e. The standard InChI is InChI=1S/C43H72O4/c1-3-5-7-9-11-13-15-17-19-21-23-25-27-29-31-33-35-37-39-46-41-42(40-44)47-43(45)38-36-34-32-30-28-26-24-22-20-18-16-14-12-10-8-6-4-2/h5,7,11-14,17-20,23,25,29,31,42,44H,3-4,6,8-10,15-16,21-22,24,26-28,30,32-41H2,1-2H3/b7-5-,13-11-,14-12-,19-17-,20-18-,25-23-,31-29-. The van der Waals surface area contributed by atoms with E-state index >= 15 is 0 Å². The molecule has 4 heteroatoms. The van der Waals surface area contributed by atoms with Crippen molar-refractivity contribution in [2.75, 3.05) is 19.8 Å². The number of unbranched alkanes of at least 4 members (excludes halogenated alkanes) is 12. The zero-order chi connectivity index (χ0) is 34.1. The van der Waals surface area contributed by atoms with Crippen molar-refractivity contribution in [1.82, 2.24) is 0 Å². The third-order valence-electron chi connectivity index (χ3n) is 7.70. The molecule has 47 heavy (non-hydrogen) atoms. The topological polar surface area (TPSA) is 55.8 Å². The van der Waals surface area contributed by atoms with E-state index in [-0.39, 0.29) is 19.2 Å². The highest BCUT2D eigenvalue weighted by atomic mass is 16.6. The van der Waals surface area contributed by atoms with E-state index in [9.17, 15) is 9.90 Å². The summed E-state index contributed by atoms with van der Waals surface area (Å²) in [5, 5.41) is 9.57. The second kappa shape index (κ2) is 39.7. The summed E-state index contributed by atoms with van der Waals surface area (Å²) in [4.78, 5) is 12.2. The fourth-order valence-corrected chi connectivity index (χ4v) is 4.85. The van der Waals surface area contributed by atoms with Gasteiger partial charge in [-0.15, -0.1) is 0 Å². The van der Waals surface area contributed by atoms with Crippen LogP contribution < -0.4 is 0 Å². The molecule has 0 aromatic heterocycles. The lowest BCUT2D eigenvalue weighted by Gasteiger charge is -2.15. The first-order valence-electron chi connectivity index (χ1n) is 19.2. The van der Waals surface area contributed by atoms with Crippen molar-refractivity contribution in [2.24, 2.45) is 0 Å². The quantitative estimate of drug-likeness (QED) is 0.0427. The molecular formula is C43H72O4. The molecule has 0 rings (SSSR count). The zero-order valence-electron chi connectivity index (χ0n) is 30.5. The summed E-state index contributed by atoms with van der Waals surface area (Å²) in [6, 6.07) is 0. The van der Waals surface area contributed by atoms with Crippen LogP contribution in [0.3, 0.4) is 0 Å². The van der Waals surface area contributed by atoms with Gasteiger partial charge in [0.05, 0.1) is 13.2 Å². The van der Waals surface area contributed by atoms with Crippen LogP contribution in [0.2, 0.25) is 0 Å². The fourth-order valence-electron chi connectivity index (χ4n) is 4.85. The Labute approximate surface area is 290 Å². The summed E-state index contributed by atoms with van der Waals surface area (Å²) in [5.74, 6) is -0.228. The van der Waals surface area contributed by atoms with Gasteiger partial charge in [0, 0.05) is 13.0 Å². The zero-order valence-corrected chi connectivity index (χ0v) is 30.5. The Bertz CT molecular complexity index is 861. The molecule has 4 nitrogen and oxygen atoms in total. The minimum atomic E-state index is -0.565. The number of esters is 1. The van der Waals surface area contributed by atoms with Crippen molar-refractivity contribution >= 4 is 5.97 Å². The maximum atomic E-state index is 12.2. The van der Waals surface area contributed by atoms with E-state index in [0.717, 1.165) is 77.0 Å². The van der Waals surface area contributed by atoms with Gasteiger partial charge in [-0.25, -0.2) is 0 Å². The monoisotopic (exact) mass is 653 g/mol. The molecule has 0 saturated heterocycles. The first-order chi connectivity index (χ1) is 23.2. The number of hydrogen-bond donors (Lipinski definition) is 1. The van der Waals surface area contributed by atoms with Gasteiger partial charge in [0.2, 0.25) is 0 Å². The van der Waals surface area contributed by atoms with Crippen LogP contribution in [0.25, 0.3) is 0 Å². The molecule has 0 aliphatic rings. The second-order valence-corrected chi connectivity index (χ2v) is 12.3. The van der Waals surface area contributed by atoms with Gasteiger partial charge in [-0.3, -0.25) is 4.79 Å². The van der Waals surface area contributed by atoms with Gasteiger partial charge >= 0.3 is 5.97 Å². The Kier molecular flexibility index (Phi) is 37.7. The fraction of sp³-hybridized carbons (Fsp3) is 0.651. The van der Waals surface area contributed by atoms with E-state index in [1.807, 2.05) is 0 Å². The average Bonchev–Trinajstić information content (AvgIpc) is 3.08. The van der Waals surface area contributed by atoms with Gasteiger partial charge in [0.15, 0.2) is 0 Å². The summed E-state index contributed by atoms with van der Waals surface area (Å²) < 4.78 is 11.1. The molecule has 1 unspecified atom stereocenters. The molecule has 0 radical (unpaired) electrons. The molecule has 0 saturated carbocycles. The van der Waals surface area contributed by atoms with Crippen LogP contribution in [0.1, 0.15) is 155 Å². The lowest BCUT2D eigenvalue weighted by molar-refractivity contribution is -0.154. The first-order valence-corrected chi connectivity index (χ1v) is 19.2. The van der Waals surface area contributed by atoms with E-state index in [2.05, 4.69) is 98.9 Å². The van der Waals surface area contributed by atoms with Crippen LogP contribution in [-0.4, -0.2) is 37.0 Å². The summed E-state index contributed by atoms with van der Waals surface area (Å²) in [6.45, 7) is 5.08. The molecule has 0 aromatic carbocycles.